The van der Waals surface area contributed by atoms with E-state index in [9.17, 15) is 0 Å². The maximum absolute atomic E-state index is 6.21. The van der Waals surface area contributed by atoms with Crippen molar-refractivity contribution in [2.75, 3.05) is 6.61 Å². The van der Waals surface area contributed by atoms with E-state index in [1.165, 1.54) is 0 Å². The Morgan fingerprint density at radius 1 is 1.05 bits per heavy atom. The van der Waals surface area contributed by atoms with Gasteiger partial charge in [0.25, 0.3) is 0 Å². The summed E-state index contributed by atoms with van der Waals surface area (Å²) in [5.74, 6) is 1.49. The van der Waals surface area contributed by atoms with Crippen LogP contribution in [-0.2, 0) is 0 Å². The van der Waals surface area contributed by atoms with Crippen molar-refractivity contribution in [3.05, 3.63) is 59.9 Å². The maximum Gasteiger partial charge on any atom is 0.229 e. The zero-order valence-electron chi connectivity index (χ0n) is 11.5. The van der Waals surface area contributed by atoms with Crippen molar-refractivity contribution >= 4 is 11.6 Å². The van der Waals surface area contributed by atoms with Crippen LogP contribution >= 0.6 is 11.6 Å². The van der Waals surface area contributed by atoms with Crippen molar-refractivity contribution in [2.45, 2.75) is 6.92 Å². The summed E-state index contributed by atoms with van der Waals surface area (Å²) in [5.41, 5.74) is 1.83. The first-order valence-corrected chi connectivity index (χ1v) is 7.07. The van der Waals surface area contributed by atoms with Gasteiger partial charge < -0.3 is 4.74 Å². The van der Waals surface area contributed by atoms with Crippen LogP contribution in [0.2, 0.25) is 5.28 Å². The van der Waals surface area contributed by atoms with Gasteiger partial charge in [-0.1, -0.05) is 36.4 Å². The van der Waals surface area contributed by atoms with Crippen molar-refractivity contribution in [3.63, 3.8) is 0 Å². The van der Waals surface area contributed by atoms with Gasteiger partial charge in [-0.15, -0.1) is 10.2 Å². The highest BCUT2D eigenvalue weighted by molar-refractivity contribution is 6.28. The van der Waals surface area contributed by atoms with E-state index in [0.717, 1.165) is 17.0 Å². The van der Waals surface area contributed by atoms with Gasteiger partial charge in [0.15, 0.2) is 5.82 Å². The van der Waals surface area contributed by atoms with Crippen LogP contribution in [0.3, 0.4) is 0 Å². The van der Waals surface area contributed by atoms with Crippen LogP contribution in [0, 0.1) is 0 Å². The number of halogens is 1. The van der Waals surface area contributed by atoms with Crippen molar-refractivity contribution in [3.8, 4) is 22.8 Å². The summed E-state index contributed by atoms with van der Waals surface area (Å²) in [7, 11) is 0. The van der Waals surface area contributed by atoms with Gasteiger partial charge in [-0.25, -0.2) is 0 Å². The summed E-state index contributed by atoms with van der Waals surface area (Å²) in [6.07, 6.45) is 0. The standard InChI is InChI=1S/C16H14ClN3O/c1-2-21-14-10-6-9-13(11-14)20-15(18-19-16(20)17)12-7-4-3-5-8-12/h3-11H,2H2,1H3. The van der Waals surface area contributed by atoms with Crippen molar-refractivity contribution in [1.29, 1.82) is 0 Å². The molecule has 0 aliphatic carbocycles. The van der Waals surface area contributed by atoms with Gasteiger partial charge in [-0.2, -0.15) is 0 Å². The molecule has 0 saturated carbocycles. The van der Waals surface area contributed by atoms with Crippen LogP contribution in [0.4, 0.5) is 0 Å². The van der Waals surface area contributed by atoms with E-state index < -0.39 is 0 Å². The van der Waals surface area contributed by atoms with E-state index >= 15 is 0 Å². The third-order valence-electron chi connectivity index (χ3n) is 3.04. The molecule has 3 rings (SSSR count). The first kappa shape index (κ1) is 13.6. The van der Waals surface area contributed by atoms with Gasteiger partial charge in [0, 0.05) is 11.6 Å². The molecule has 0 bridgehead atoms. The minimum atomic E-state index is 0.322. The Labute approximate surface area is 128 Å². The van der Waals surface area contributed by atoms with E-state index in [-0.39, 0.29) is 0 Å². The van der Waals surface area contributed by atoms with Gasteiger partial charge in [-0.3, -0.25) is 4.57 Å². The van der Waals surface area contributed by atoms with Gasteiger partial charge in [0.05, 0.1) is 12.3 Å². The van der Waals surface area contributed by atoms with E-state index in [1.807, 2.05) is 61.5 Å². The second kappa shape index (κ2) is 5.97. The summed E-state index contributed by atoms with van der Waals surface area (Å²) in [5, 5.41) is 8.48. The number of aromatic nitrogens is 3. The van der Waals surface area contributed by atoms with Crippen LogP contribution < -0.4 is 4.74 Å². The van der Waals surface area contributed by atoms with Gasteiger partial charge in [0.1, 0.15) is 5.75 Å². The van der Waals surface area contributed by atoms with Gasteiger partial charge in [-0.05, 0) is 30.7 Å². The smallest absolute Gasteiger partial charge is 0.229 e. The number of hydrogen-bond donors (Lipinski definition) is 0. The molecule has 0 N–H and O–H groups in total. The SMILES string of the molecule is CCOc1cccc(-n2c(Cl)nnc2-c2ccccc2)c1. The second-order valence-corrected chi connectivity index (χ2v) is 4.76. The lowest BCUT2D eigenvalue weighted by Gasteiger charge is -2.10. The number of hydrogen-bond acceptors (Lipinski definition) is 3. The summed E-state index contributed by atoms with van der Waals surface area (Å²) in [6, 6.07) is 17.5. The fourth-order valence-corrected chi connectivity index (χ4v) is 2.36. The van der Waals surface area contributed by atoms with Crippen LogP contribution in [0.15, 0.2) is 54.6 Å². The average molecular weight is 300 g/mol. The maximum atomic E-state index is 6.21. The molecule has 106 valence electrons. The van der Waals surface area contributed by atoms with Crippen molar-refractivity contribution < 1.29 is 4.74 Å². The lowest BCUT2D eigenvalue weighted by molar-refractivity contribution is 0.340. The molecule has 1 heterocycles. The minimum Gasteiger partial charge on any atom is -0.494 e. The monoisotopic (exact) mass is 299 g/mol. The van der Waals surface area contributed by atoms with Crippen LogP contribution in [0.1, 0.15) is 6.92 Å². The Morgan fingerprint density at radius 2 is 1.86 bits per heavy atom. The largest absolute Gasteiger partial charge is 0.494 e. The lowest BCUT2D eigenvalue weighted by atomic mass is 10.2. The van der Waals surface area contributed by atoms with Crippen molar-refractivity contribution in [1.82, 2.24) is 14.8 Å². The molecular weight excluding hydrogens is 286 g/mol. The predicted molar refractivity (Wildman–Crippen MR) is 83.0 cm³/mol. The lowest BCUT2D eigenvalue weighted by Crippen LogP contribution is -1.99. The molecule has 0 spiro atoms. The summed E-state index contributed by atoms with van der Waals surface area (Å²) < 4.78 is 7.34. The highest BCUT2D eigenvalue weighted by atomic mass is 35.5. The molecule has 0 aliphatic rings. The second-order valence-electron chi connectivity index (χ2n) is 4.42. The van der Waals surface area contributed by atoms with Gasteiger partial charge >= 0.3 is 0 Å². The van der Waals surface area contributed by atoms with E-state index in [0.29, 0.717) is 17.7 Å². The van der Waals surface area contributed by atoms with Crippen LogP contribution in [0.5, 0.6) is 5.75 Å². The third kappa shape index (κ3) is 2.76. The highest BCUT2D eigenvalue weighted by Crippen LogP contribution is 2.26. The quantitative estimate of drug-likeness (QED) is 0.731. The van der Waals surface area contributed by atoms with Crippen molar-refractivity contribution in [2.24, 2.45) is 0 Å². The summed E-state index contributed by atoms with van der Waals surface area (Å²) in [4.78, 5) is 0. The third-order valence-corrected chi connectivity index (χ3v) is 3.29. The zero-order chi connectivity index (χ0) is 14.7. The Morgan fingerprint density at radius 3 is 2.62 bits per heavy atom. The normalized spacial score (nSPS) is 10.6. The molecule has 0 aliphatic heterocycles. The first-order chi connectivity index (χ1) is 10.3. The summed E-state index contributed by atoms with van der Waals surface area (Å²) in [6.45, 7) is 2.57. The fourth-order valence-electron chi connectivity index (χ4n) is 2.15. The molecule has 0 radical (unpaired) electrons. The van der Waals surface area contributed by atoms with Crippen LogP contribution in [0.25, 0.3) is 17.1 Å². The molecule has 0 amide bonds. The Bertz CT molecular complexity index is 740. The molecule has 1 aromatic heterocycles. The fraction of sp³-hybridized carbons (Fsp3) is 0.125. The number of nitrogens with zero attached hydrogens (tertiary/aromatic N) is 3. The topological polar surface area (TPSA) is 39.9 Å². The molecule has 0 unspecified atom stereocenters. The zero-order valence-corrected chi connectivity index (χ0v) is 12.3. The minimum absolute atomic E-state index is 0.322. The van der Waals surface area contributed by atoms with Crippen LogP contribution in [-0.4, -0.2) is 21.4 Å². The number of rotatable bonds is 4. The van der Waals surface area contributed by atoms with E-state index in [1.54, 1.807) is 4.57 Å². The molecule has 21 heavy (non-hydrogen) atoms. The molecular formula is C16H14ClN3O. The first-order valence-electron chi connectivity index (χ1n) is 6.69. The van der Waals surface area contributed by atoms with E-state index in [4.69, 9.17) is 16.3 Å². The molecule has 3 aromatic rings. The Balaban J connectivity index is 2.11. The summed E-state index contributed by atoms with van der Waals surface area (Å²) >= 11 is 6.21. The molecule has 2 aromatic carbocycles. The molecule has 0 fully saturated rings. The highest BCUT2D eigenvalue weighted by Gasteiger charge is 2.14. The Hall–Kier alpha value is -2.33. The molecule has 0 saturated heterocycles. The average Bonchev–Trinajstić information content (AvgIpc) is 2.90. The number of ether oxygens (including phenoxy) is 1. The molecule has 0 atom stereocenters. The molecule has 5 heteroatoms. The predicted octanol–water partition coefficient (Wildman–Crippen LogP) is 3.99. The molecule has 4 nitrogen and oxygen atoms in total. The Kier molecular flexibility index (Phi) is 3.88. The van der Waals surface area contributed by atoms with Gasteiger partial charge in [0.2, 0.25) is 5.28 Å². The number of benzene rings is 2. The van der Waals surface area contributed by atoms with E-state index in [2.05, 4.69) is 10.2 Å².